The van der Waals surface area contributed by atoms with E-state index in [2.05, 4.69) is 60.4 Å². The molecule has 2 aromatic carbocycles. The van der Waals surface area contributed by atoms with Crippen LogP contribution in [-0.2, 0) is 17.8 Å². The van der Waals surface area contributed by atoms with E-state index >= 15 is 0 Å². The van der Waals surface area contributed by atoms with Gasteiger partial charge in [0.25, 0.3) is 0 Å². The van der Waals surface area contributed by atoms with Gasteiger partial charge in [0, 0.05) is 19.0 Å². The molecule has 1 atom stereocenters. The van der Waals surface area contributed by atoms with Crippen molar-refractivity contribution >= 4 is 27.5 Å². The second-order valence-corrected chi connectivity index (χ2v) is 9.35. The van der Waals surface area contributed by atoms with Crippen LogP contribution in [0.15, 0.2) is 48.5 Å². The van der Waals surface area contributed by atoms with Crippen LogP contribution in [-0.4, -0.2) is 46.4 Å². The Morgan fingerprint density at radius 2 is 1.76 bits per heavy atom. The van der Waals surface area contributed by atoms with Crippen molar-refractivity contribution in [3.8, 4) is 0 Å². The van der Waals surface area contributed by atoms with Crippen LogP contribution in [0, 0.1) is 0 Å². The van der Waals surface area contributed by atoms with Gasteiger partial charge in [-0.25, -0.2) is 4.98 Å². The topological polar surface area (TPSA) is 36.4 Å². The Kier molecular flexibility index (Phi) is 5.10. The maximum atomic E-state index is 13.2. The average molecular weight is 406 g/mol. The number of carbonyl (C=O) groups is 1. The van der Waals surface area contributed by atoms with Gasteiger partial charge >= 0.3 is 0 Å². The number of hydrogen-bond acceptors (Lipinski definition) is 4. The molecule has 5 rings (SSSR count). The van der Waals surface area contributed by atoms with Crippen molar-refractivity contribution in [2.24, 2.45) is 0 Å². The maximum absolute atomic E-state index is 13.2. The fourth-order valence-corrected chi connectivity index (χ4v) is 5.84. The van der Waals surface area contributed by atoms with Crippen LogP contribution in [0.1, 0.15) is 41.8 Å². The number of benzene rings is 2. The van der Waals surface area contributed by atoms with Crippen molar-refractivity contribution in [2.75, 3.05) is 19.6 Å². The number of aromatic nitrogens is 1. The lowest BCUT2D eigenvalue weighted by atomic mass is 9.95. The zero-order chi connectivity index (χ0) is 19.8. The third-order valence-electron chi connectivity index (χ3n) is 6.54. The molecule has 0 radical (unpaired) electrons. The van der Waals surface area contributed by atoms with Crippen molar-refractivity contribution in [2.45, 2.75) is 44.7 Å². The van der Waals surface area contributed by atoms with Crippen LogP contribution in [0.25, 0.3) is 10.2 Å². The monoisotopic (exact) mass is 405 g/mol. The quantitative estimate of drug-likeness (QED) is 0.646. The van der Waals surface area contributed by atoms with Gasteiger partial charge < -0.3 is 4.90 Å². The van der Waals surface area contributed by atoms with Crippen LogP contribution in [0.3, 0.4) is 0 Å². The molecule has 1 amide bonds. The third kappa shape index (κ3) is 3.69. The highest BCUT2D eigenvalue weighted by Gasteiger charge is 2.32. The molecular formula is C24H27N3OS. The van der Waals surface area contributed by atoms with E-state index in [1.54, 1.807) is 0 Å². The molecule has 0 bridgehead atoms. The molecule has 2 aliphatic heterocycles. The highest BCUT2D eigenvalue weighted by Crippen LogP contribution is 2.34. The molecule has 2 aliphatic rings. The summed E-state index contributed by atoms with van der Waals surface area (Å²) in [6, 6.07) is 16.9. The molecule has 150 valence electrons. The van der Waals surface area contributed by atoms with E-state index < -0.39 is 0 Å². The molecule has 0 spiro atoms. The molecule has 0 unspecified atom stereocenters. The van der Waals surface area contributed by atoms with Crippen molar-refractivity contribution in [1.29, 1.82) is 0 Å². The highest BCUT2D eigenvalue weighted by atomic mass is 32.1. The zero-order valence-electron chi connectivity index (χ0n) is 16.9. The Labute approximate surface area is 176 Å². The average Bonchev–Trinajstić information content (AvgIpc) is 3.22. The van der Waals surface area contributed by atoms with Gasteiger partial charge in [0.2, 0.25) is 5.91 Å². The third-order valence-corrected chi connectivity index (χ3v) is 7.74. The number of nitrogens with zero attached hydrogens (tertiary/aromatic N) is 3. The van der Waals surface area contributed by atoms with Gasteiger partial charge in [-0.3, -0.25) is 9.69 Å². The van der Waals surface area contributed by atoms with E-state index in [4.69, 9.17) is 4.98 Å². The molecule has 0 aliphatic carbocycles. The van der Waals surface area contributed by atoms with Gasteiger partial charge in [-0.1, -0.05) is 36.4 Å². The summed E-state index contributed by atoms with van der Waals surface area (Å²) in [5.41, 5.74) is 3.80. The number of hydrogen-bond donors (Lipinski definition) is 0. The van der Waals surface area contributed by atoms with Crippen molar-refractivity contribution < 1.29 is 4.79 Å². The van der Waals surface area contributed by atoms with Gasteiger partial charge in [-0.05, 0) is 62.5 Å². The number of carbonyl (C=O) groups excluding carboxylic acids is 1. The lowest BCUT2D eigenvalue weighted by molar-refractivity contribution is -0.137. The lowest BCUT2D eigenvalue weighted by Gasteiger charge is -2.38. The Morgan fingerprint density at radius 1 is 1.03 bits per heavy atom. The van der Waals surface area contributed by atoms with Gasteiger partial charge in [-0.2, -0.15) is 0 Å². The molecular weight excluding hydrogens is 378 g/mol. The summed E-state index contributed by atoms with van der Waals surface area (Å²) in [7, 11) is 0. The number of para-hydroxylation sites is 1. The fourth-order valence-electron chi connectivity index (χ4n) is 4.70. The van der Waals surface area contributed by atoms with E-state index in [-0.39, 0.29) is 11.9 Å². The van der Waals surface area contributed by atoms with Crippen LogP contribution in [0.5, 0.6) is 0 Å². The number of amides is 1. The highest BCUT2D eigenvalue weighted by molar-refractivity contribution is 7.18. The molecule has 1 fully saturated rings. The van der Waals surface area contributed by atoms with Gasteiger partial charge in [0.1, 0.15) is 0 Å². The van der Waals surface area contributed by atoms with Crippen LogP contribution in [0.4, 0.5) is 0 Å². The molecule has 5 heteroatoms. The number of piperidine rings is 1. The summed E-state index contributed by atoms with van der Waals surface area (Å²) >= 11 is 1.83. The van der Waals surface area contributed by atoms with Crippen LogP contribution < -0.4 is 0 Å². The Bertz CT molecular complexity index is 989. The molecule has 4 nitrogen and oxygen atoms in total. The fraction of sp³-hybridized carbons (Fsp3) is 0.417. The van der Waals surface area contributed by atoms with E-state index in [0.717, 1.165) is 51.0 Å². The predicted molar refractivity (Wildman–Crippen MR) is 118 cm³/mol. The van der Waals surface area contributed by atoms with Crippen molar-refractivity contribution in [3.63, 3.8) is 0 Å². The number of thiazole rings is 1. The minimum Gasteiger partial charge on any atom is -0.337 e. The summed E-state index contributed by atoms with van der Waals surface area (Å²) < 4.78 is 1.28. The largest absolute Gasteiger partial charge is 0.337 e. The first-order chi connectivity index (χ1) is 14.2. The van der Waals surface area contributed by atoms with Crippen molar-refractivity contribution in [1.82, 2.24) is 14.8 Å². The standard InChI is InChI=1S/C24H27N3OS/c1-17(24(28)27-15-10-18-6-2-3-7-20(18)16-27)26-13-11-19(12-14-26)23-25-21-8-4-5-9-22(21)29-23/h2-9,17,19H,10-16H2,1H3/t17-/m0/s1. The first kappa shape index (κ1) is 18.8. The van der Waals surface area contributed by atoms with Gasteiger partial charge in [-0.15, -0.1) is 11.3 Å². The molecule has 0 saturated carbocycles. The molecule has 1 saturated heterocycles. The second kappa shape index (κ2) is 7.88. The maximum Gasteiger partial charge on any atom is 0.239 e. The SMILES string of the molecule is C[C@@H](C(=O)N1CCc2ccccc2C1)N1CCC(c2nc3ccccc3s2)CC1. The van der Waals surface area contributed by atoms with Crippen LogP contribution >= 0.6 is 11.3 Å². The Hall–Kier alpha value is -2.24. The van der Waals surface area contributed by atoms with E-state index in [0.29, 0.717) is 5.92 Å². The van der Waals surface area contributed by atoms with Gasteiger partial charge in [0.15, 0.2) is 0 Å². The molecule has 1 aromatic heterocycles. The smallest absolute Gasteiger partial charge is 0.239 e. The first-order valence-corrected chi connectivity index (χ1v) is 11.5. The summed E-state index contributed by atoms with van der Waals surface area (Å²) in [6.07, 6.45) is 3.13. The Morgan fingerprint density at radius 3 is 2.55 bits per heavy atom. The lowest BCUT2D eigenvalue weighted by Crippen LogP contribution is -2.50. The minimum absolute atomic E-state index is 0.0448. The van der Waals surface area contributed by atoms with E-state index in [1.165, 1.54) is 20.8 Å². The number of fused-ring (bicyclic) bond motifs is 2. The van der Waals surface area contributed by atoms with Gasteiger partial charge in [0.05, 0.1) is 21.3 Å². The summed E-state index contributed by atoms with van der Waals surface area (Å²) in [6.45, 7) is 5.61. The summed E-state index contributed by atoms with van der Waals surface area (Å²) in [4.78, 5) is 22.4. The molecule has 0 N–H and O–H groups in total. The van der Waals surface area contributed by atoms with Crippen molar-refractivity contribution in [3.05, 3.63) is 64.7 Å². The summed E-state index contributed by atoms with van der Waals surface area (Å²) in [5.74, 6) is 0.797. The zero-order valence-corrected chi connectivity index (χ0v) is 17.7. The molecule has 29 heavy (non-hydrogen) atoms. The first-order valence-electron chi connectivity index (χ1n) is 10.6. The van der Waals surface area contributed by atoms with E-state index in [9.17, 15) is 4.79 Å². The number of rotatable bonds is 3. The minimum atomic E-state index is -0.0448. The number of likely N-dealkylation sites (tertiary alicyclic amines) is 1. The Balaban J connectivity index is 1.21. The van der Waals surface area contributed by atoms with Crippen LogP contribution in [0.2, 0.25) is 0 Å². The summed E-state index contributed by atoms with van der Waals surface area (Å²) in [5, 5.41) is 1.26. The predicted octanol–water partition coefficient (Wildman–Crippen LogP) is 4.45. The second-order valence-electron chi connectivity index (χ2n) is 8.28. The van der Waals surface area contributed by atoms with E-state index in [1.807, 2.05) is 16.2 Å². The normalized spacial score (nSPS) is 19.3. The molecule has 3 aromatic rings. The molecule has 3 heterocycles.